The number of carbonyl (C=O) groups excluding carboxylic acids is 1. The maximum Gasteiger partial charge on any atom is 0.251 e. The molecule has 1 saturated carbocycles. The minimum absolute atomic E-state index is 0.0305. The van der Waals surface area contributed by atoms with Crippen LogP contribution in [0.4, 0.5) is 0 Å². The van der Waals surface area contributed by atoms with Crippen LogP contribution in [0.15, 0.2) is 18.2 Å². The number of carbonyl (C=O) groups is 1. The number of amides is 1. The number of nitrogens with one attached hydrogen (secondary N) is 1. The van der Waals surface area contributed by atoms with Gasteiger partial charge >= 0.3 is 0 Å². The highest BCUT2D eigenvalue weighted by Crippen LogP contribution is 2.25. The minimum Gasteiger partial charge on any atom is -0.384 e. The van der Waals surface area contributed by atoms with Crippen LogP contribution in [-0.4, -0.2) is 24.2 Å². The van der Waals surface area contributed by atoms with Crippen molar-refractivity contribution in [3.05, 3.63) is 34.9 Å². The molecule has 0 aromatic heterocycles. The number of benzene rings is 1. The van der Waals surface area contributed by atoms with E-state index in [1.165, 1.54) is 19.3 Å². The highest BCUT2D eigenvalue weighted by molar-refractivity contribution is 5.96. The normalized spacial score (nSPS) is 14.2. The van der Waals surface area contributed by atoms with Crippen molar-refractivity contribution >= 4 is 5.91 Å². The van der Waals surface area contributed by atoms with Crippen LogP contribution in [0.1, 0.15) is 40.7 Å². The Morgan fingerprint density at radius 2 is 2.26 bits per heavy atom. The largest absolute Gasteiger partial charge is 0.384 e. The van der Waals surface area contributed by atoms with E-state index in [9.17, 15) is 4.79 Å². The fraction of sp³-hybridized carbons (Fsp3) is 0.438. The second-order valence-electron chi connectivity index (χ2n) is 4.94. The van der Waals surface area contributed by atoms with Gasteiger partial charge in [0.25, 0.3) is 5.91 Å². The zero-order valence-electron chi connectivity index (χ0n) is 11.2. The summed E-state index contributed by atoms with van der Waals surface area (Å²) in [5.74, 6) is 6.10. The van der Waals surface area contributed by atoms with E-state index in [1.54, 1.807) is 0 Å². The lowest BCUT2D eigenvalue weighted by Crippen LogP contribution is -2.32. The monoisotopic (exact) mass is 257 g/mol. The van der Waals surface area contributed by atoms with E-state index < -0.39 is 0 Å². The van der Waals surface area contributed by atoms with Gasteiger partial charge < -0.3 is 10.4 Å². The second kappa shape index (κ2) is 6.40. The predicted octanol–water partition coefficient (Wildman–Crippen LogP) is 1.87. The first-order valence-electron chi connectivity index (χ1n) is 6.70. The van der Waals surface area contributed by atoms with E-state index >= 15 is 0 Å². The zero-order chi connectivity index (χ0) is 13.7. The number of aliphatic hydroxyl groups is 1. The van der Waals surface area contributed by atoms with Gasteiger partial charge in [-0.15, -0.1) is 0 Å². The molecule has 1 amide bonds. The molecule has 1 fully saturated rings. The first kappa shape index (κ1) is 13.6. The van der Waals surface area contributed by atoms with Gasteiger partial charge in [-0.05, 0) is 43.4 Å². The standard InChI is InChI=1S/C16H19NO2/c1-12-14(8-4-10-18)7-3-9-15(12)16(19)17-11-13-5-2-6-13/h3,7,9,13,18H,2,5-6,10-11H2,1H3,(H,17,19). The van der Waals surface area contributed by atoms with Crippen LogP contribution in [0.3, 0.4) is 0 Å². The average molecular weight is 257 g/mol. The molecule has 0 atom stereocenters. The molecule has 3 nitrogen and oxygen atoms in total. The summed E-state index contributed by atoms with van der Waals surface area (Å²) in [6.45, 7) is 2.49. The molecule has 1 aromatic rings. The van der Waals surface area contributed by atoms with Gasteiger partial charge in [-0.25, -0.2) is 0 Å². The summed E-state index contributed by atoms with van der Waals surface area (Å²) in [5, 5.41) is 11.7. The van der Waals surface area contributed by atoms with Gasteiger partial charge in [0.1, 0.15) is 6.61 Å². The van der Waals surface area contributed by atoms with Crippen LogP contribution in [0, 0.1) is 24.7 Å². The minimum atomic E-state index is -0.169. The lowest BCUT2D eigenvalue weighted by atomic mass is 9.85. The number of hydrogen-bond donors (Lipinski definition) is 2. The Labute approximate surface area is 114 Å². The summed E-state index contributed by atoms with van der Waals surface area (Å²) in [4.78, 5) is 12.1. The summed E-state index contributed by atoms with van der Waals surface area (Å²) in [6, 6.07) is 5.50. The molecule has 1 aromatic carbocycles. The van der Waals surface area contributed by atoms with Crippen LogP contribution in [0.25, 0.3) is 0 Å². The molecule has 1 aliphatic rings. The fourth-order valence-corrected chi connectivity index (χ4v) is 2.18. The van der Waals surface area contributed by atoms with E-state index in [0.29, 0.717) is 11.5 Å². The van der Waals surface area contributed by atoms with Crippen LogP contribution in [0.5, 0.6) is 0 Å². The molecule has 0 aliphatic heterocycles. The summed E-state index contributed by atoms with van der Waals surface area (Å²) >= 11 is 0. The van der Waals surface area contributed by atoms with Crippen molar-refractivity contribution in [2.24, 2.45) is 5.92 Å². The SMILES string of the molecule is Cc1c(C#CCO)cccc1C(=O)NCC1CCC1. The van der Waals surface area contributed by atoms with E-state index in [-0.39, 0.29) is 12.5 Å². The smallest absolute Gasteiger partial charge is 0.251 e. The van der Waals surface area contributed by atoms with E-state index in [0.717, 1.165) is 17.7 Å². The molecular weight excluding hydrogens is 238 g/mol. The van der Waals surface area contributed by atoms with E-state index in [1.807, 2.05) is 25.1 Å². The summed E-state index contributed by atoms with van der Waals surface area (Å²) in [5.41, 5.74) is 2.34. The fourth-order valence-electron chi connectivity index (χ4n) is 2.18. The molecule has 3 heteroatoms. The number of hydrogen-bond acceptors (Lipinski definition) is 2. The van der Waals surface area contributed by atoms with E-state index in [2.05, 4.69) is 17.2 Å². The van der Waals surface area contributed by atoms with Gasteiger partial charge in [0.05, 0.1) is 0 Å². The third kappa shape index (κ3) is 3.36. The molecular formula is C16H19NO2. The first-order chi connectivity index (χ1) is 9.22. The molecule has 1 aliphatic carbocycles. The molecule has 19 heavy (non-hydrogen) atoms. The maximum atomic E-state index is 12.1. The van der Waals surface area contributed by atoms with Crippen LogP contribution < -0.4 is 5.32 Å². The highest BCUT2D eigenvalue weighted by Gasteiger charge is 2.19. The van der Waals surface area contributed by atoms with Crippen LogP contribution in [-0.2, 0) is 0 Å². The molecule has 0 spiro atoms. The van der Waals surface area contributed by atoms with Gasteiger partial charge in [0.2, 0.25) is 0 Å². The van der Waals surface area contributed by atoms with Crippen molar-refractivity contribution in [2.45, 2.75) is 26.2 Å². The van der Waals surface area contributed by atoms with Crippen molar-refractivity contribution in [2.75, 3.05) is 13.2 Å². The summed E-state index contributed by atoms with van der Waals surface area (Å²) in [7, 11) is 0. The van der Waals surface area contributed by atoms with Crippen molar-refractivity contribution in [3.8, 4) is 11.8 Å². The Balaban J connectivity index is 2.07. The Morgan fingerprint density at radius 3 is 2.89 bits per heavy atom. The Kier molecular flexibility index (Phi) is 4.59. The topological polar surface area (TPSA) is 49.3 Å². The predicted molar refractivity (Wildman–Crippen MR) is 74.8 cm³/mol. The van der Waals surface area contributed by atoms with E-state index in [4.69, 9.17) is 5.11 Å². The quantitative estimate of drug-likeness (QED) is 0.812. The lowest BCUT2D eigenvalue weighted by molar-refractivity contribution is 0.0938. The molecule has 0 saturated heterocycles. The van der Waals surface area contributed by atoms with Crippen molar-refractivity contribution in [1.29, 1.82) is 0 Å². The molecule has 100 valence electrons. The summed E-state index contributed by atoms with van der Waals surface area (Å²) < 4.78 is 0. The first-order valence-corrected chi connectivity index (χ1v) is 6.70. The Bertz CT molecular complexity index is 521. The molecule has 0 bridgehead atoms. The van der Waals surface area contributed by atoms with Crippen molar-refractivity contribution < 1.29 is 9.90 Å². The number of rotatable bonds is 3. The van der Waals surface area contributed by atoms with Gasteiger partial charge in [-0.3, -0.25) is 4.79 Å². The summed E-state index contributed by atoms with van der Waals surface area (Å²) in [6.07, 6.45) is 3.73. The zero-order valence-corrected chi connectivity index (χ0v) is 11.2. The highest BCUT2D eigenvalue weighted by atomic mass is 16.2. The number of aliphatic hydroxyl groups excluding tert-OH is 1. The van der Waals surface area contributed by atoms with Gasteiger partial charge in [0.15, 0.2) is 0 Å². The Morgan fingerprint density at radius 1 is 1.47 bits per heavy atom. The lowest BCUT2D eigenvalue weighted by Gasteiger charge is -2.25. The van der Waals surface area contributed by atoms with Gasteiger partial charge in [-0.1, -0.05) is 24.3 Å². The molecule has 2 N–H and O–H groups in total. The third-order valence-electron chi connectivity index (χ3n) is 3.66. The van der Waals surface area contributed by atoms with Crippen molar-refractivity contribution in [3.63, 3.8) is 0 Å². The molecule has 0 radical (unpaired) electrons. The molecule has 2 rings (SSSR count). The molecule has 0 heterocycles. The third-order valence-corrected chi connectivity index (χ3v) is 3.66. The van der Waals surface area contributed by atoms with Gasteiger partial charge in [0, 0.05) is 17.7 Å². The average Bonchev–Trinajstić information content (AvgIpc) is 2.35. The van der Waals surface area contributed by atoms with Crippen LogP contribution >= 0.6 is 0 Å². The van der Waals surface area contributed by atoms with Gasteiger partial charge in [-0.2, -0.15) is 0 Å². The Hall–Kier alpha value is -1.79. The molecule has 0 unspecified atom stereocenters. The second-order valence-corrected chi connectivity index (χ2v) is 4.94. The maximum absolute atomic E-state index is 12.1. The van der Waals surface area contributed by atoms with Crippen molar-refractivity contribution in [1.82, 2.24) is 5.32 Å². The van der Waals surface area contributed by atoms with Crippen LogP contribution in [0.2, 0.25) is 0 Å².